The normalized spacial score (nSPS) is 20.4. The Morgan fingerprint density at radius 1 is 1.12 bits per heavy atom. The lowest BCUT2D eigenvalue weighted by Crippen LogP contribution is -3.28. The minimum absolute atomic E-state index is 0.0966. The second-order valence-corrected chi connectivity index (χ2v) is 7.15. The van der Waals surface area contributed by atoms with Crippen LogP contribution in [0.1, 0.15) is 22.6 Å². The standard InChI is InChI=1S/C19H26N4O2/c1-14-4-5-15(2)18(10-14)20-19(24)13-23-8-6-22(7-9-23)12-17-11-16(3)25-21-17/h4-5,10-11H,6-9,12-13H2,1-3H3,(H,20,24)/p+2. The molecule has 3 N–H and O–H groups in total. The van der Waals surface area contributed by atoms with Crippen LogP contribution in [0.25, 0.3) is 0 Å². The lowest BCUT2D eigenvalue weighted by molar-refractivity contribution is -1.02. The minimum atomic E-state index is 0.0966. The van der Waals surface area contributed by atoms with Gasteiger partial charge in [0.25, 0.3) is 5.91 Å². The van der Waals surface area contributed by atoms with E-state index in [0.29, 0.717) is 6.54 Å². The number of nitrogens with zero attached hydrogens (tertiary/aromatic N) is 1. The van der Waals surface area contributed by atoms with E-state index < -0.39 is 0 Å². The molecular weight excluding hydrogens is 316 g/mol. The van der Waals surface area contributed by atoms with Crippen LogP contribution in [0, 0.1) is 20.8 Å². The van der Waals surface area contributed by atoms with Gasteiger partial charge in [-0.15, -0.1) is 0 Å². The Balaban J connectivity index is 1.45. The molecule has 1 saturated heterocycles. The number of rotatable bonds is 5. The predicted molar refractivity (Wildman–Crippen MR) is 95.8 cm³/mol. The number of anilines is 1. The first-order valence-corrected chi connectivity index (χ1v) is 8.96. The van der Waals surface area contributed by atoms with Gasteiger partial charge in [0.15, 0.2) is 6.54 Å². The van der Waals surface area contributed by atoms with Crippen molar-refractivity contribution in [3.8, 4) is 0 Å². The van der Waals surface area contributed by atoms with Gasteiger partial charge in [-0.05, 0) is 38.0 Å². The highest BCUT2D eigenvalue weighted by Crippen LogP contribution is 2.15. The minimum Gasteiger partial charge on any atom is -0.361 e. The predicted octanol–water partition coefficient (Wildman–Crippen LogP) is -0.478. The molecule has 134 valence electrons. The third-order valence-electron chi connectivity index (χ3n) is 4.85. The number of benzene rings is 1. The van der Waals surface area contributed by atoms with Crippen LogP contribution < -0.4 is 15.1 Å². The van der Waals surface area contributed by atoms with Crippen molar-refractivity contribution in [2.45, 2.75) is 27.3 Å². The molecule has 0 aliphatic carbocycles. The van der Waals surface area contributed by atoms with Crippen molar-refractivity contribution in [1.29, 1.82) is 0 Å². The maximum atomic E-state index is 12.4. The average Bonchev–Trinajstić information content (AvgIpc) is 2.98. The summed E-state index contributed by atoms with van der Waals surface area (Å²) in [4.78, 5) is 15.2. The molecule has 0 unspecified atom stereocenters. The summed E-state index contributed by atoms with van der Waals surface area (Å²) in [6.07, 6.45) is 0. The van der Waals surface area contributed by atoms with Crippen LogP contribution in [0.3, 0.4) is 0 Å². The number of quaternary nitrogens is 2. The van der Waals surface area contributed by atoms with Gasteiger partial charge >= 0.3 is 0 Å². The highest BCUT2D eigenvalue weighted by atomic mass is 16.5. The Hall–Kier alpha value is -2.18. The molecule has 0 spiro atoms. The first kappa shape index (κ1) is 17.6. The van der Waals surface area contributed by atoms with Gasteiger partial charge in [0.05, 0.1) is 0 Å². The smallest absolute Gasteiger partial charge is 0.279 e. The fraction of sp³-hybridized carbons (Fsp3) is 0.474. The summed E-state index contributed by atoms with van der Waals surface area (Å²) >= 11 is 0. The van der Waals surface area contributed by atoms with E-state index in [2.05, 4.69) is 16.5 Å². The Bertz CT molecular complexity index is 733. The highest BCUT2D eigenvalue weighted by molar-refractivity contribution is 5.92. The molecule has 0 bridgehead atoms. The van der Waals surface area contributed by atoms with E-state index in [1.807, 2.05) is 39.0 Å². The van der Waals surface area contributed by atoms with E-state index in [1.54, 1.807) is 0 Å². The van der Waals surface area contributed by atoms with Crippen molar-refractivity contribution in [3.05, 3.63) is 46.8 Å². The van der Waals surface area contributed by atoms with Crippen LogP contribution in [-0.4, -0.2) is 43.8 Å². The van der Waals surface area contributed by atoms with Gasteiger partial charge < -0.3 is 19.6 Å². The number of carbonyl (C=O) groups excluding carboxylic acids is 1. The van der Waals surface area contributed by atoms with Crippen molar-refractivity contribution < 1.29 is 19.1 Å². The van der Waals surface area contributed by atoms with Crippen LogP contribution in [0.4, 0.5) is 5.69 Å². The molecule has 2 heterocycles. The maximum absolute atomic E-state index is 12.4. The number of aromatic nitrogens is 1. The molecule has 3 rings (SSSR count). The van der Waals surface area contributed by atoms with Crippen LogP contribution in [-0.2, 0) is 11.3 Å². The van der Waals surface area contributed by atoms with E-state index in [4.69, 9.17) is 4.52 Å². The van der Waals surface area contributed by atoms with Crippen molar-refractivity contribution in [2.75, 3.05) is 38.0 Å². The molecule has 1 aromatic heterocycles. The zero-order chi connectivity index (χ0) is 17.8. The molecule has 1 aromatic carbocycles. The number of hydrogen-bond donors (Lipinski definition) is 3. The van der Waals surface area contributed by atoms with Gasteiger partial charge in [0.2, 0.25) is 0 Å². The molecule has 6 nitrogen and oxygen atoms in total. The lowest BCUT2D eigenvalue weighted by atomic mass is 10.1. The number of amides is 1. The van der Waals surface area contributed by atoms with Gasteiger partial charge in [0, 0.05) is 11.8 Å². The molecule has 1 amide bonds. The van der Waals surface area contributed by atoms with Gasteiger partial charge in [-0.2, -0.15) is 0 Å². The second kappa shape index (κ2) is 7.80. The quantitative estimate of drug-likeness (QED) is 0.687. The zero-order valence-corrected chi connectivity index (χ0v) is 15.3. The maximum Gasteiger partial charge on any atom is 0.279 e. The number of aryl methyl sites for hydroxylation is 3. The molecule has 1 fully saturated rings. The van der Waals surface area contributed by atoms with E-state index >= 15 is 0 Å². The third-order valence-corrected chi connectivity index (χ3v) is 4.85. The molecule has 0 atom stereocenters. The molecule has 1 aliphatic heterocycles. The Labute approximate surface area is 148 Å². The van der Waals surface area contributed by atoms with Crippen molar-refractivity contribution in [3.63, 3.8) is 0 Å². The highest BCUT2D eigenvalue weighted by Gasteiger charge is 2.25. The van der Waals surface area contributed by atoms with Gasteiger partial charge in [-0.3, -0.25) is 4.79 Å². The first-order chi connectivity index (χ1) is 12.0. The Kier molecular flexibility index (Phi) is 5.50. The van der Waals surface area contributed by atoms with Gasteiger partial charge in [-0.25, -0.2) is 0 Å². The molecule has 6 heteroatoms. The number of piperazine rings is 1. The lowest BCUT2D eigenvalue weighted by Gasteiger charge is -2.28. The monoisotopic (exact) mass is 344 g/mol. The van der Waals surface area contributed by atoms with Crippen molar-refractivity contribution >= 4 is 11.6 Å². The van der Waals surface area contributed by atoms with Crippen LogP contribution in [0.2, 0.25) is 0 Å². The fourth-order valence-corrected chi connectivity index (χ4v) is 3.36. The van der Waals surface area contributed by atoms with Gasteiger partial charge in [-0.1, -0.05) is 17.3 Å². The molecule has 0 radical (unpaired) electrons. The van der Waals surface area contributed by atoms with Crippen LogP contribution >= 0.6 is 0 Å². The zero-order valence-electron chi connectivity index (χ0n) is 15.3. The number of hydrogen-bond acceptors (Lipinski definition) is 3. The molecule has 25 heavy (non-hydrogen) atoms. The summed E-state index contributed by atoms with van der Waals surface area (Å²) in [5, 5.41) is 7.14. The van der Waals surface area contributed by atoms with Crippen LogP contribution in [0.15, 0.2) is 28.8 Å². The van der Waals surface area contributed by atoms with Crippen molar-refractivity contribution in [1.82, 2.24) is 5.16 Å². The summed E-state index contributed by atoms with van der Waals surface area (Å²) in [6.45, 7) is 11.5. The Morgan fingerprint density at radius 3 is 2.52 bits per heavy atom. The summed E-state index contributed by atoms with van der Waals surface area (Å²) in [6, 6.07) is 8.15. The van der Waals surface area contributed by atoms with Crippen LogP contribution in [0.5, 0.6) is 0 Å². The van der Waals surface area contributed by atoms with E-state index in [1.165, 1.54) is 9.80 Å². The molecular formula is C19H28N4O2+2. The summed E-state index contributed by atoms with van der Waals surface area (Å²) in [5.41, 5.74) is 4.21. The third kappa shape index (κ3) is 4.90. The summed E-state index contributed by atoms with van der Waals surface area (Å²) in [7, 11) is 0. The topological polar surface area (TPSA) is 64.0 Å². The number of carbonyl (C=O) groups is 1. The van der Waals surface area contributed by atoms with E-state index in [0.717, 1.165) is 61.0 Å². The second-order valence-electron chi connectivity index (χ2n) is 7.15. The first-order valence-electron chi connectivity index (χ1n) is 8.96. The molecule has 0 saturated carbocycles. The number of nitrogens with one attached hydrogen (secondary N) is 3. The summed E-state index contributed by atoms with van der Waals surface area (Å²) in [5.74, 6) is 0.959. The van der Waals surface area contributed by atoms with E-state index in [9.17, 15) is 4.79 Å². The Morgan fingerprint density at radius 2 is 1.84 bits per heavy atom. The van der Waals surface area contributed by atoms with E-state index in [-0.39, 0.29) is 5.91 Å². The largest absolute Gasteiger partial charge is 0.361 e. The fourth-order valence-electron chi connectivity index (χ4n) is 3.36. The SMILES string of the molecule is Cc1ccc(C)c(NC(=O)C[NH+]2CC[NH+](Cc3cc(C)on3)CC2)c1. The van der Waals surface area contributed by atoms with Gasteiger partial charge in [0.1, 0.15) is 44.2 Å². The van der Waals surface area contributed by atoms with Crippen molar-refractivity contribution in [2.24, 2.45) is 0 Å². The molecule has 1 aliphatic rings. The average molecular weight is 344 g/mol. The molecule has 2 aromatic rings. The summed E-state index contributed by atoms with van der Waals surface area (Å²) < 4.78 is 5.13.